The van der Waals surface area contributed by atoms with Gasteiger partial charge in [0.25, 0.3) is 0 Å². The average molecular weight is 359 g/mol. The quantitative estimate of drug-likeness (QED) is 0.313. The maximum absolute atomic E-state index is 3.49. The number of hydrogen-bond donors (Lipinski definition) is 0. The molecule has 0 amide bonds. The van der Waals surface area contributed by atoms with E-state index in [0.717, 1.165) is 5.33 Å². The van der Waals surface area contributed by atoms with Gasteiger partial charge in [-0.15, -0.1) is 0 Å². The van der Waals surface area contributed by atoms with Crippen LogP contribution in [0.3, 0.4) is 0 Å². The molecule has 0 aromatic carbocycles. The van der Waals surface area contributed by atoms with Gasteiger partial charge in [0.05, 0.1) is 27.2 Å². The zero-order valence-electron chi connectivity index (χ0n) is 11.3. The van der Waals surface area contributed by atoms with E-state index in [4.69, 9.17) is 0 Å². The first-order valence-electron chi connectivity index (χ1n) is 6.50. The predicted octanol–water partition coefficient (Wildman–Crippen LogP) is 1.21. The summed E-state index contributed by atoms with van der Waals surface area (Å²) in [4.78, 5) is 0. The van der Waals surface area contributed by atoms with E-state index < -0.39 is 0 Å². The molecule has 0 aromatic heterocycles. The van der Waals surface area contributed by atoms with Gasteiger partial charge in [-0.2, -0.15) is 0 Å². The maximum Gasteiger partial charge on any atom is 0.0782 e. The molecule has 0 unspecified atom stereocenters. The molecule has 0 spiro atoms. The van der Waals surface area contributed by atoms with Gasteiger partial charge in [-0.1, -0.05) is 42.1 Å². The molecule has 0 radical (unpaired) electrons. The lowest BCUT2D eigenvalue weighted by atomic mass is 10.1. The number of unbranched alkanes of at least 4 members (excludes halogenated alkanes) is 5. The first kappa shape index (κ1) is 19.3. The first-order chi connectivity index (χ1) is 7.12. The van der Waals surface area contributed by atoms with Crippen LogP contribution in [0.1, 0.15) is 51.9 Å². The van der Waals surface area contributed by atoms with Crippen LogP contribution in [0.5, 0.6) is 0 Å². The summed E-state index contributed by atoms with van der Waals surface area (Å²) in [6.07, 6.45) is 9.69. The Kier molecular flexibility index (Phi) is 14.9. The van der Waals surface area contributed by atoms with Crippen LogP contribution in [0.4, 0.5) is 0 Å². The third kappa shape index (κ3) is 13.0. The van der Waals surface area contributed by atoms with Crippen LogP contribution in [-0.4, -0.2) is 37.0 Å². The van der Waals surface area contributed by atoms with Gasteiger partial charge >= 0.3 is 0 Å². The number of rotatable bonds is 10. The summed E-state index contributed by atoms with van der Waals surface area (Å²) in [6, 6.07) is 0. The third-order valence-electron chi connectivity index (χ3n) is 3.01. The molecule has 0 aliphatic heterocycles. The molecule has 0 N–H and O–H groups in total. The van der Waals surface area contributed by atoms with Crippen molar-refractivity contribution < 1.29 is 21.5 Å². The highest BCUT2D eigenvalue weighted by atomic mass is 79.9. The van der Waals surface area contributed by atoms with Crippen molar-refractivity contribution in [2.45, 2.75) is 51.9 Å². The first-order valence-corrected chi connectivity index (χ1v) is 7.62. The molecule has 16 heavy (non-hydrogen) atoms. The molecule has 0 atom stereocenters. The van der Waals surface area contributed by atoms with Crippen LogP contribution >= 0.6 is 15.9 Å². The summed E-state index contributed by atoms with van der Waals surface area (Å²) < 4.78 is 1.21. The molecule has 0 aliphatic carbocycles. The second-order valence-corrected chi connectivity index (χ2v) is 5.99. The van der Waals surface area contributed by atoms with Crippen LogP contribution in [-0.2, 0) is 0 Å². The summed E-state index contributed by atoms with van der Waals surface area (Å²) in [5.41, 5.74) is 0. The summed E-state index contributed by atoms with van der Waals surface area (Å²) in [6.45, 7) is 4.96. The van der Waals surface area contributed by atoms with Crippen molar-refractivity contribution in [1.29, 1.82) is 0 Å². The van der Waals surface area contributed by atoms with Gasteiger partial charge in [0, 0.05) is 5.33 Å². The monoisotopic (exact) mass is 357 g/mol. The van der Waals surface area contributed by atoms with Crippen molar-refractivity contribution in [3.63, 3.8) is 0 Å². The highest BCUT2D eigenvalue weighted by Gasteiger charge is 2.13. The Morgan fingerprint density at radius 3 is 1.81 bits per heavy atom. The van der Waals surface area contributed by atoms with Crippen molar-refractivity contribution in [3.8, 4) is 0 Å². The minimum Gasteiger partial charge on any atom is -1.00 e. The predicted molar refractivity (Wildman–Crippen MR) is 73.6 cm³/mol. The highest BCUT2D eigenvalue weighted by molar-refractivity contribution is 9.09. The molecule has 1 nitrogen and oxygen atoms in total. The SMILES string of the molecule is CCCCCCC[N+](C)(C)CCCCBr.[Br-]. The minimum atomic E-state index is 0. The van der Waals surface area contributed by atoms with Crippen LogP contribution in [0.15, 0.2) is 0 Å². The molecule has 0 bridgehead atoms. The molecule has 0 aromatic rings. The topological polar surface area (TPSA) is 0 Å². The van der Waals surface area contributed by atoms with E-state index >= 15 is 0 Å². The summed E-state index contributed by atoms with van der Waals surface area (Å²) in [7, 11) is 4.74. The van der Waals surface area contributed by atoms with Gasteiger partial charge in [-0.25, -0.2) is 0 Å². The second kappa shape index (κ2) is 12.4. The molecule has 0 aliphatic rings. The van der Waals surface area contributed by atoms with Gasteiger partial charge < -0.3 is 21.5 Å². The summed E-state index contributed by atoms with van der Waals surface area (Å²) in [5.74, 6) is 0. The lowest BCUT2D eigenvalue weighted by molar-refractivity contribution is -0.890. The molecule has 0 fully saturated rings. The van der Waals surface area contributed by atoms with Crippen molar-refractivity contribution in [3.05, 3.63) is 0 Å². The average Bonchev–Trinajstić information content (AvgIpc) is 2.17. The fourth-order valence-electron chi connectivity index (χ4n) is 1.89. The summed E-state index contributed by atoms with van der Waals surface area (Å²) >= 11 is 3.49. The standard InChI is InChI=1S/C13H29BrN.BrH/c1-4-5-6-7-9-12-15(2,3)13-10-8-11-14;/h4-13H2,1-3H3;1H/q+1;/p-1. The minimum absolute atomic E-state index is 0. The molecule has 0 saturated heterocycles. The number of quaternary nitrogens is 1. The smallest absolute Gasteiger partial charge is 0.0782 e. The van der Waals surface area contributed by atoms with Crippen molar-refractivity contribution >= 4 is 15.9 Å². The Hall–Kier alpha value is 0.920. The Labute approximate surface area is 121 Å². The fraction of sp³-hybridized carbons (Fsp3) is 1.00. The number of halogens is 2. The molecule has 100 valence electrons. The molecular formula is C13H29Br2N. The number of nitrogens with zero attached hydrogens (tertiary/aromatic N) is 1. The van der Waals surface area contributed by atoms with Crippen LogP contribution in [0.2, 0.25) is 0 Å². The lowest BCUT2D eigenvalue weighted by Crippen LogP contribution is -3.00. The zero-order chi connectivity index (χ0) is 11.6. The van der Waals surface area contributed by atoms with E-state index in [-0.39, 0.29) is 17.0 Å². The van der Waals surface area contributed by atoms with Gasteiger partial charge in [-0.05, 0) is 25.7 Å². The van der Waals surface area contributed by atoms with Gasteiger partial charge in [0.1, 0.15) is 0 Å². The van der Waals surface area contributed by atoms with E-state index in [1.54, 1.807) is 0 Å². The van der Waals surface area contributed by atoms with Crippen LogP contribution < -0.4 is 17.0 Å². The van der Waals surface area contributed by atoms with E-state index in [1.807, 2.05) is 0 Å². The Morgan fingerprint density at radius 2 is 1.31 bits per heavy atom. The largest absolute Gasteiger partial charge is 1.00 e. The van der Waals surface area contributed by atoms with E-state index in [2.05, 4.69) is 36.9 Å². The van der Waals surface area contributed by atoms with Gasteiger partial charge in [0.15, 0.2) is 0 Å². The van der Waals surface area contributed by atoms with E-state index in [1.165, 1.54) is 62.5 Å². The number of alkyl halides is 1. The van der Waals surface area contributed by atoms with E-state index in [0.29, 0.717) is 0 Å². The molecule has 3 heteroatoms. The maximum atomic E-state index is 3.49. The van der Waals surface area contributed by atoms with Crippen LogP contribution in [0, 0.1) is 0 Å². The lowest BCUT2D eigenvalue weighted by Gasteiger charge is -2.29. The zero-order valence-corrected chi connectivity index (χ0v) is 14.4. The Morgan fingerprint density at radius 1 is 0.812 bits per heavy atom. The van der Waals surface area contributed by atoms with Gasteiger partial charge in [-0.3, -0.25) is 0 Å². The fourth-order valence-corrected chi connectivity index (χ4v) is 2.29. The normalized spacial score (nSPS) is 11.2. The highest BCUT2D eigenvalue weighted by Crippen LogP contribution is 2.08. The van der Waals surface area contributed by atoms with Crippen molar-refractivity contribution in [1.82, 2.24) is 0 Å². The van der Waals surface area contributed by atoms with E-state index in [9.17, 15) is 0 Å². The number of hydrogen-bond acceptors (Lipinski definition) is 0. The molecular weight excluding hydrogens is 330 g/mol. The molecule has 0 rings (SSSR count). The molecule has 0 heterocycles. The molecule has 0 saturated carbocycles. The Balaban J connectivity index is 0. The van der Waals surface area contributed by atoms with Crippen LogP contribution in [0.25, 0.3) is 0 Å². The van der Waals surface area contributed by atoms with Crippen molar-refractivity contribution in [2.75, 3.05) is 32.5 Å². The Bertz CT molecular complexity index is 138. The second-order valence-electron chi connectivity index (χ2n) is 5.19. The third-order valence-corrected chi connectivity index (χ3v) is 3.57. The van der Waals surface area contributed by atoms with Gasteiger partial charge in [0.2, 0.25) is 0 Å². The summed E-state index contributed by atoms with van der Waals surface area (Å²) in [5, 5.41) is 1.16. The van der Waals surface area contributed by atoms with Crippen molar-refractivity contribution in [2.24, 2.45) is 0 Å².